The quantitative estimate of drug-likeness (QED) is 0.169. The monoisotopic (exact) mass is 539 g/mol. The van der Waals surface area contributed by atoms with Gasteiger partial charge in [0.15, 0.2) is 0 Å². The van der Waals surface area contributed by atoms with Crippen LogP contribution in [0.25, 0.3) is 0 Å². The molecule has 0 bridgehead atoms. The largest absolute Gasteiger partial charge is 0.384 e. The minimum Gasteiger partial charge on any atom is -0.384 e. The predicted octanol–water partition coefficient (Wildman–Crippen LogP) is 5.96. The molecular formula is C34H41N3O3. The summed E-state index contributed by atoms with van der Waals surface area (Å²) < 4.78 is 0. The zero-order valence-electron chi connectivity index (χ0n) is 24.4. The molecule has 0 radical (unpaired) electrons. The third kappa shape index (κ3) is 6.50. The van der Waals surface area contributed by atoms with Gasteiger partial charge in [0.05, 0.1) is 0 Å². The van der Waals surface area contributed by atoms with Crippen molar-refractivity contribution >= 4 is 17.3 Å². The van der Waals surface area contributed by atoms with Crippen LogP contribution in [0.15, 0.2) is 60.7 Å². The van der Waals surface area contributed by atoms with E-state index in [2.05, 4.69) is 86.2 Å². The molecule has 4 N–H and O–H groups in total. The minimum atomic E-state index is -0.967. The molecule has 0 aromatic heterocycles. The molecule has 0 fully saturated rings. The number of amides is 1. The van der Waals surface area contributed by atoms with Gasteiger partial charge in [-0.2, -0.15) is 0 Å². The maximum atomic E-state index is 11.6. The number of hydrogen-bond donors (Lipinski definition) is 4. The molecule has 0 spiro atoms. The minimum absolute atomic E-state index is 0.0122. The highest BCUT2D eigenvalue weighted by molar-refractivity contribution is 5.93. The standard InChI is InChI=1S/C34H41N3O3/c1-33(2)18-19-34(3,4)31-28(33)21-26(30(38)16-11-23-7-12-25(13-8-23)32(39)36-40)22-29(31)35-20-17-24-9-14-27(15-10-24)37(5)6/h7-10,12-15,21-22,30,35,38,40H,17-20H2,1-6H3,(H,36,39). The fraction of sp³-hybridized carbons (Fsp3) is 0.382. The SMILES string of the molecule is CN(C)c1ccc(CCNc2cc(C(O)C#Cc3ccc(C(=O)NO)cc3)cc3c2C(C)(C)CCC3(C)C)cc1. The summed E-state index contributed by atoms with van der Waals surface area (Å²) >= 11 is 0. The van der Waals surface area contributed by atoms with Crippen molar-refractivity contribution in [2.24, 2.45) is 0 Å². The number of nitrogens with one attached hydrogen (secondary N) is 2. The van der Waals surface area contributed by atoms with Gasteiger partial charge >= 0.3 is 0 Å². The molecule has 6 heteroatoms. The first kappa shape index (κ1) is 29.2. The van der Waals surface area contributed by atoms with Crippen molar-refractivity contribution in [3.63, 3.8) is 0 Å². The van der Waals surface area contributed by atoms with E-state index in [-0.39, 0.29) is 10.8 Å². The van der Waals surface area contributed by atoms with E-state index in [0.29, 0.717) is 11.1 Å². The molecule has 6 nitrogen and oxygen atoms in total. The lowest BCUT2D eigenvalue weighted by molar-refractivity contribution is 0.0706. The molecule has 40 heavy (non-hydrogen) atoms. The summed E-state index contributed by atoms with van der Waals surface area (Å²) in [5.74, 6) is 5.42. The predicted molar refractivity (Wildman–Crippen MR) is 162 cm³/mol. The van der Waals surface area contributed by atoms with Crippen molar-refractivity contribution < 1.29 is 15.1 Å². The van der Waals surface area contributed by atoms with Crippen LogP contribution in [-0.2, 0) is 17.3 Å². The maximum absolute atomic E-state index is 11.6. The van der Waals surface area contributed by atoms with Crippen LogP contribution in [0.4, 0.5) is 11.4 Å². The number of carbonyl (C=O) groups excluding carboxylic acids is 1. The van der Waals surface area contributed by atoms with Crippen LogP contribution >= 0.6 is 0 Å². The van der Waals surface area contributed by atoms with Crippen molar-refractivity contribution in [1.82, 2.24) is 5.48 Å². The van der Waals surface area contributed by atoms with E-state index in [0.717, 1.165) is 37.1 Å². The smallest absolute Gasteiger partial charge is 0.274 e. The van der Waals surface area contributed by atoms with Gasteiger partial charge in [-0.25, -0.2) is 5.48 Å². The van der Waals surface area contributed by atoms with E-state index in [1.54, 1.807) is 29.7 Å². The molecule has 4 rings (SSSR count). The van der Waals surface area contributed by atoms with Gasteiger partial charge < -0.3 is 15.3 Å². The average Bonchev–Trinajstić information content (AvgIpc) is 2.94. The third-order valence-corrected chi connectivity index (χ3v) is 8.04. The number of benzene rings is 3. The molecular weight excluding hydrogens is 498 g/mol. The summed E-state index contributed by atoms with van der Waals surface area (Å²) in [5.41, 5.74) is 9.50. The van der Waals surface area contributed by atoms with E-state index < -0.39 is 12.0 Å². The molecule has 0 aliphatic heterocycles. The number of rotatable bonds is 7. The summed E-state index contributed by atoms with van der Waals surface area (Å²) in [4.78, 5) is 13.7. The van der Waals surface area contributed by atoms with Crippen molar-refractivity contribution in [2.75, 3.05) is 30.9 Å². The summed E-state index contributed by atoms with van der Waals surface area (Å²) in [6, 6.07) is 19.4. The van der Waals surface area contributed by atoms with E-state index in [1.165, 1.54) is 22.4 Å². The van der Waals surface area contributed by atoms with E-state index in [1.807, 2.05) is 14.1 Å². The Balaban J connectivity index is 1.62. The Kier molecular flexibility index (Phi) is 8.58. The fourth-order valence-corrected chi connectivity index (χ4v) is 5.42. The van der Waals surface area contributed by atoms with Gasteiger partial charge in [-0.15, -0.1) is 0 Å². The van der Waals surface area contributed by atoms with Gasteiger partial charge in [-0.3, -0.25) is 10.0 Å². The second kappa shape index (κ2) is 11.8. The maximum Gasteiger partial charge on any atom is 0.274 e. The van der Waals surface area contributed by atoms with Crippen molar-refractivity contribution in [3.8, 4) is 11.8 Å². The lowest BCUT2D eigenvalue weighted by Gasteiger charge is -2.43. The summed E-state index contributed by atoms with van der Waals surface area (Å²) in [7, 11) is 4.09. The zero-order valence-corrected chi connectivity index (χ0v) is 24.4. The van der Waals surface area contributed by atoms with Crippen LogP contribution in [-0.4, -0.2) is 36.9 Å². The van der Waals surface area contributed by atoms with Crippen LogP contribution in [0.3, 0.4) is 0 Å². The van der Waals surface area contributed by atoms with Crippen LogP contribution < -0.4 is 15.7 Å². The molecule has 1 atom stereocenters. The summed E-state index contributed by atoms with van der Waals surface area (Å²) in [5, 5.41) is 23.7. The van der Waals surface area contributed by atoms with E-state index in [4.69, 9.17) is 5.21 Å². The molecule has 1 aliphatic carbocycles. The van der Waals surface area contributed by atoms with E-state index in [9.17, 15) is 9.90 Å². The molecule has 3 aromatic carbocycles. The topological polar surface area (TPSA) is 84.8 Å². The molecule has 1 unspecified atom stereocenters. The molecule has 3 aromatic rings. The second-order valence-electron chi connectivity index (χ2n) is 12.2. The lowest BCUT2D eigenvalue weighted by atomic mass is 9.62. The highest BCUT2D eigenvalue weighted by Gasteiger charge is 2.39. The second-order valence-corrected chi connectivity index (χ2v) is 12.2. The first-order chi connectivity index (χ1) is 18.9. The van der Waals surface area contributed by atoms with Crippen LogP contribution in [0.2, 0.25) is 0 Å². The molecule has 210 valence electrons. The van der Waals surface area contributed by atoms with Crippen LogP contribution in [0.1, 0.15) is 84.8 Å². The first-order valence-corrected chi connectivity index (χ1v) is 13.8. The fourth-order valence-electron chi connectivity index (χ4n) is 5.42. The van der Waals surface area contributed by atoms with Gasteiger partial charge in [0.1, 0.15) is 6.10 Å². The Morgan fingerprint density at radius 2 is 1.62 bits per heavy atom. The number of anilines is 2. The van der Waals surface area contributed by atoms with Crippen LogP contribution in [0.5, 0.6) is 0 Å². The number of fused-ring (bicyclic) bond motifs is 1. The highest BCUT2D eigenvalue weighted by atomic mass is 16.5. The Hall–Kier alpha value is -3.79. The number of nitrogens with zero attached hydrogens (tertiary/aromatic N) is 1. The number of hydrogen-bond acceptors (Lipinski definition) is 5. The van der Waals surface area contributed by atoms with Crippen molar-refractivity contribution in [1.29, 1.82) is 0 Å². The number of aliphatic hydroxyl groups excluding tert-OH is 1. The molecule has 1 amide bonds. The molecule has 1 aliphatic rings. The molecule has 0 heterocycles. The Labute approximate surface area is 238 Å². The van der Waals surface area contributed by atoms with Crippen molar-refractivity contribution in [2.45, 2.75) is 63.9 Å². The van der Waals surface area contributed by atoms with Gasteiger partial charge in [0.25, 0.3) is 5.91 Å². The van der Waals surface area contributed by atoms with Crippen molar-refractivity contribution in [3.05, 3.63) is 94.0 Å². The first-order valence-electron chi connectivity index (χ1n) is 13.8. The molecule has 0 saturated carbocycles. The normalized spacial score (nSPS) is 15.7. The van der Waals surface area contributed by atoms with Crippen LogP contribution in [0, 0.1) is 11.8 Å². The Morgan fingerprint density at radius 1 is 0.975 bits per heavy atom. The van der Waals surface area contributed by atoms with Gasteiger partial charge in [0.2, 0.25) is 0 Å². The summed E-state index contributed by atoms with van der Waals surface area (Å²) in [6.45, 7) is 9.96. The van der Waals surface area contributed by atoms with Gasteiger partial charge in [0, 0.05) is 43.1 Å². The molecule has 0 saturated heterocycles. The number of carbonyl (C=O) groups is 1. The lowest BCUT2D eigenvalue weighted by Crippen LogP contribution is -2.35. The Morgan fingerprint density at radius 3 is 2.25 bits per heavy atom. The Bertz CT molecular complexity index is 1410. The number of aliphatic hydroxyl groups is 1. The highest BCUT2D eigenvalue weighted by Crippen LogP contribution is 2.49. The number of hydroxylamine groups is 1. The average molecular weight is 540 g/mol. The third-order valence-electron chi connectivity index (χ3n) is 8.04. The van der Waals surface area contributed by atoms with Gasteiger partial charge in [-0.1, -0.05) is 57.7 Å². The van der Waals surface area contributed by atoms with E-state index >= 15 is 0 Å². The summed E-state index contributed by atoms with van der Waals surface area (Å²) in [6.07, 6.45) is 2.10. The zero-order chi connectivity index (χ0) is 29.1. The van der Waals surface area contributed by atoms with Gasteiger partial charge in [-0.05, 0) is 94.8 Å².